The largest absolute Gasteiger partial charge is 0.462 e. The highest BCUT2D eigenvalue weighted by Gasteiger charge is 2.35. The van der Waals surface area contributed by atoms with Crippen molar-refractivity contribution in [1.29, 1.82) is 0 Å². The smallest absolute Gasteiger partial charge is 0.362 e. The average Bonchev–Trinajstić information content (AvgIpc) is 2.38. The van der Waals surface area contributed by atoms with Crippen LogP contribution >= 0.6 is 0 Å². The Kier molecular flexibility index (Phi) is 3.60. The molecule has 18 heavy (non-hydrogen) atoms. The van der Waals surface area contributed by atoms with E-state index in [-0.39, 0.29) is 13.0 Å². The molecular weight excluding hydrogens is 237 g/mol. The van der Waals surface area contributed by atoms with Crippen LogP contribution in [0.4, 0.5) is 10.1 Å². The summed E-state index contributed by atoms with van der Waals surface area (Å²) in [5, 5.41) is 0. The van der Waals surface area contributed by atoms with Gasteiger partial charge in [-0.1, -0.05) is 18.2 Å². The van der Waals surface area contributed by atoms with Crippen molar-refractivity contribution >= 4 is 17.6 Å². The molecule has 0 radical (unpaired) electrons. The molecule has 0 aromatic heterocycles. The van der Waals surface area contributed by atoms with Crippen molar-refractivity contribution in [2.24, 2.45) is 0 Å². The first-order chi connectivity index (χ1) is 8.65. The maximum atomic E-state index is 14.0. The zero-order valence-electron chi connectivity index (χ0n) is 10.1. The molecule has 1 aromatic rings. The molecule has 1 aromatic carbocycles. The molecule has 2 rings (SSSR count). The number of halogens is 1. The van der Waals surface area contributed by atoms with Crippen LogP contribution in [0.3, 0.4) is 0 Å². The fraction of sp³-hybridized carbons (Fsp3) is 0.385. The minimum absolute atomic E-state index is 0.0862. The van der Waals surface area contributed by atoms with E-state index in [0.29, 0.717) is 12.1 Å². The summed E-state index contributed by atoms with van der Waals surface area (Å²) in [6.45, 7) is 1.68. The van der Waals surface area contributed by atoms with Gasteiger partial charge in [-0.15, -0.1) is 0 Å². The lowest BCUT2D eigenvalue weighted by Gasteiger charge is -2.30. The van der Waals surface area contributed by atoms with Crippen molar-refractivity contribution in [3.05, 3.63) is 29.8 Å². The van der Waals surface area contributed by atoms with Crippen LogP contribution in [0.1, 0.15) is 18.9 Å². The van der Waals surface area contributed by atoms with Gasteiger partial charge in [0.1, 0.15) is 0 Å². The highest BCUT2D eigenvalue weighted by atomic mass is 19.1. The Bertz CT molecular complexity index is 475. The van der Waals surface area contributed by atoms with E-state index in [0.717, 1.165) is 10.5 Å². The summed E-state index contributed by atoms with van der Waals surface area (Å²) in [6, 6.07) is 7.00. The second-order valence-electron chi connectivity index (χ2n) is 3.98. The highest BCUT2D eigenvalue weighted by Crippen LogP contribution is 2.29. The molecule has 1 amide bonds. The maximum Gasteiger partial charge on any atom is 0.362 e. The van der Waals surface area contributed by atoms with Gasteiger partial charge in [0.25, 0.3) is 6.30 Å². The van der Waals surface area contributed by atoms with E-state index in [1.807, 2.05) is 12.1 Å². The monoisotopic (exact) mass is 251 g/mol. The first-order valence-corrected chi connectivity index (χ1v) is 5.85. The van der Waals surface area contributed by atoms with Gasteiger partial charge in [0.2, 0.25) is 5.91 Å². The van der Waals surface area contributed by atoms with Crippen LogP contribution < -0.4 is 4.90 Å². The van der Waals surface area contributed by atoms with Gasteiger partial charge >= 0.3 is 5.97 Å². The molecule has 1 heterocycles. The molecule has 0 spiro atoms. The number of carbonyl (C=O) groups is 2. The van der Waals surface area contributed by atoms with Crippen molar-refractivity contribution in [3.63, 3.8) is 0 Å². The number of alkyl halides is 1. The molecule has 4 nitrogen and oxygen atoms in total. The Morgan fingerprint density at radius 2 is 2.17 bits per heavy atom. The molecule has 0 aliphatic carbocycles. The molecule has 0 saturated heterocycles. The van der Waals surface area contributed by atoms with Crippen molar-refractivity contribution in [2.75, 3.05) is 11.5 Å². The van der Waals surface area contributed by atoms with Gasteiger partial charge in [-0.05, 0) is 25.0 Å². The minimum Gasteiger partial charge on any atom is -0.462 e. The first kappa shape index (κ1) is 12.5. The predicted molar refractivity (Wildman–Crippen MR) is 63.8 cm³/mol. The van der Waals surface area contributed by atoms with Crippen LogP contribution in [0.2, 0.25) is 0 Å². The normalized spacial score (nSPS) is 16.1. The highest BCUT2D eigenvalue weighted by molar-refractivity contribution is 6.01. The van der Waals surface area contributed by atoms with E-state index in [2.05, 4.69) is 4.74 Å². The molecule has 0 N–H and O–H groups in total. The number of benzene rings is 1. The molecule has 0 fully saturated rings. The van der Waals surface area contributed by atoms with Gasteiger partial charge < -0.3 is 4.74 Å². The average molecular weight is 251 g/mol. The van der Waals surface area contributed by atoms with E-state index in [1.54, 1.807) is 19.1 Å². The third kappa shape index (κ3) is 2.20. The molecule has 96 valence electrons. The summed E-state index contributed by atoms with van der Waals surface area (Å²) >= 11 is 0. The topological polar surface area (TPSA) is 46.6 Å². The molecule has 1 unspecified atom stereocenters. The summed E-state index contributed by atoms with van der Waals surface area (Å²) in [4.78, 5) is 24.1. The Labute approximate surface area is 104 Å². The third-order valence-corrected chi connectivity index (χ3v) is 2.84. The minimum atomic E-state index is -2.07. The van der Waals surface area contributed by atoms with E-state index < -0.39 is 18.2 Å². The van der Waals surface area contributed by atoms with Gasteiger partial charge in [-0.3, -0.25) is 9.69 Å². The van der Waals surface area contributed by atoms with Crippen molar-refractivity contribution in [2.45, 2.75) is 26.1 Å². The van der Waals surface area contributed by atoms with E-state index in [9.17, 15) is 14.0 Å². The van der Waals surface area contributed by atoms with Crippen molar-refractivity contribution in [1.82, 2.24) is 0 Å². The van der Waals surface area contributed by atoms with E-state index in [4.69, 9.17) is 0 Å². The zero-order chi connectivity index (χ0) is 13.1. The quantitative estimate of drug-likeness (QED) is 0.608. The Balaban J connectivity index is 2.31. The van der Waals surface area contributed by atoms with Gasteiger partial charge in [0.15, 0.2) is 0 Å². The Hall–Kier alpha value is -1.91. The number of para-hydroxylation sites is 1. The van der Waals surface area contributed by atoms with Crippen LogP contribution in [0.15, 0.2) is 24.3 Å². The maximum absolute atomic E-state index is 14.0. The number of ether oxygens (including phenoxy) is 1. The van der Waals surface area contributed by atoms with Gasteiger partial charge in [-0.2, -0.15) is 0 Å². The lowest BCUT2D eigenvalue weighted by molar-refractivity contribution is -0.150. The van der Waals surface area contributed by atoms with Crippen LogP contribution in [0.5, 0.6) is 0 Å². The molecule has 0 bridgehead atoms. The van der Waals surface area contributed by atoms with Crippen LogP contribution in [-0.2, 0) is 20.7 Å². The summed E-state index contributed by atoms with van der Waals surface area (Å²) in [6.07, 6.45) is -1.29. The Morgan fingerprint density at radius 1 is 1.44 bits per heavy atom. The standard InChI is InChI=1S/C13H14FNO3/c1-2-18-13(17)12(14)15-10-6-4-3-5-9(10)7-8-11(15)16/h3-6,12H,2,7-8H2,1H3. The number of aryl methyl sites for hydroxylation is 1. The third-order valence-electron chi connectivity index (χ3n) is 2.84. The Morgan fingerprint density at radius 3 is 2.89 bits per heavy atom. The van der Waals surface area contributed by atoms with Gasteiger partial charge in [0, 0.05) is 6.42 Å². The predicted octanol–water partition coefficient (Wildman–Crippen LogP) is 1.82. The second-order valence-corrected chi connectivity index (χ2v) is 3.98. The van der Waals surface area contributed by atoms with E-state index >= 15 is 0 Å². The molecular formula is C13H14FNO3. The summed E-state index contributed by atoms with van der Waals surface area (Å²) in [7, 11) is 0. The molecule has 1 atom stereocenters. The molecule has 1 aliphatic rings. The number of hydrogen-bond donors (Lipinski definition) is 0. The summed E-state index contributed by atoms with van der Waals surface area (Å²) in [5.41, 5.74) is 1.32. The lowest BCUT2D eigenvalue weighted by atomic mass is 10.0. The zero-order valence-corrected chi connectivity index (χ0v) is 10.1. The lowest BCUT2D eigenvalue weighted by Crippen LogP contribution is -2.45. The number of fused-ring (bicyclic) bond motifs is 1. The fourth-order valence-corrected chi connectivity index (χ4v) is 2.02. The number of nitrogens with zero attached hydrogens (tertiary/aromatic N) is 1. The van der Waals surface area contributed by atoms with Crippen molar-refractivity contribution in [3.8, 4) is 0 Å². The number of rotatable bonds is 3. The SMILES string of the molecule is CCOC(=O)C(F)N1C(=O)CCc2ccccc21. The number of amides is 1. The number of carbonyl (C=O) groups excluding carboxylic acids is 2. The number of hydrogen-bond acceptors (Lipinski definition) is 3. The van der Waals surface area contributed by atoms with Crippen molar-refractivity contribution < 1.29 is 18.7 Å². The van der Waals surface area contributed by atoms with Gasteiger partial charge in [-0.25, -0.2) is 9.18 Å². The number of anilines is 1. The fourth-order valence-electron chi connectivity index (χ4n) is 2.02. The number of esters is 1. The van der Waals surface area contributed by atoms with Crippen LogP contribution in [0.25, 0.3) is 0 Å². The second kappa shape index (κ2) is 5.16. The van der Waals surface area contributed by atoms with Gasteiger partial charge in [0.05, 0.1) is 12.3 Å². The molecule has 1 aliphatic heterocycles. The summed E-state index contributed by atoms with van der Waals surface area (Å²) in [5.74, 6) is -1.42. The molecule has 5 heteroatoms. The van der Waals surface area contributed by atoms with Crippen LogP contribution in [0, 0.1) is 0 Å². The summed E-state index contributed by atoms with van der Waals surface area (Å²) < 4.78 is 18.6. The van der Waals surface area contributed by atoms with E-state index in [1.165, 1.54) is 0 Å². The molecule has 0 saturated carbocycles. The first-order valence-electron chi connectivity index (χ1n) is 5.85. The van der Waals surface area contributed by atoms with Crippen LogP contribution in [-0.4, -0.2) is 24.8 Å².